The topological polar surface area (TPSA) is 41.1 Å². The third-order valence-electron chi connectivity index (χ3n) is 1.44. The fourth-order valence-electron chi connectivity index (χ4n) is 0.883. The molecule has 0 aliphatic carbocycles. The molecule has 0 bridgehead atoms. The monoisotopic (exact) mass is 130 g/mol. The number of rotatable bonds is 0. The molecule has 44 valence electrons. The molecule has 0 aromatic rings. The minimum Gasteiger partial charge on any atom is -0.340 e. The van der Waals surface area contributed by atoms with E-state index in [9.17, 15) is 4.79 Å². The van der Waals surface area contributed by atoms with Crippen molar-refractivity contribution >= 4 is 17.0 Å². The third-order valence-corrected chi connectivity index (χ3v) is 2.52. The molecule has 2 unspecified atom stereocenters. The largest absolute Gasteiger partial charge is 0.340 e. The van der Waals surface area contributed by atoms with Crippen LogP contribution >= 0.6 is 11.8 Å². The molecule has 8 heavy (non-hydrogen) atoms. The Bertz CT molecular complexity index is 124. The van der Waals surface area contributed by atoms with Crippen LogP contribution in [0.3, 0.4) is 0 Å². The first-order valence-electron chi connectivity index (χ1n) is 2.57. The van der Waals surface area contributed by atoms with Gasteiger partial charge >= 0.3 is 0 Å². The van der Waals surface area contributed by atoms with Crippen LogP contribution in [-0.2, 0) is 0 Å². The molecule has 0 aromatic carbocycles. The third kappa shape index (κ3) is 0.469. The van der Waals surface area contributed by atoms with Crippen molar-refractivity contribution in [2.24, 2.45) is 0 Å². The second-order valence-corrected chi connectivity index (χ2v) is 3.10. The molecular weight excluding hydrogens is 124 g/mol. The van der Waals surface area contributed by atoms with Crippen molar-refractivity contribution < 1.29 is 4.79 Å². The van der Waals surface area contributed by atoms with Gasteiger partial charge in [0.05, 0.1) is 11.4 Å². The zero-order valence-electron chi connectivity index (χ0n) is 4.18. The Hall–Kier alpha value is -0.220. The number of thioether (sulfide) groups is 1. The molecule has 2 aliphatic rings. The number of hydrogen-bond acceptors (Lipinski definition) is 3. The standard InChI is InChI=1S/C4H6N2OS/c7-4-6-2-1-5-3(2)8-4/h2-3,5H,1H2,(H,6,7). The van der Waals surface area contributed by atoms with Gasteiger partial charge in [-0.15, -0.1) is 0 Å². The van der Waals surface area contributed by atoms with E-state index >= 15 is 0 Å². The second kappa shape index (κ2) is 1.39. The molecular formula is C4H6N2OS. The maximum absolute atomic E-state index is 10.5. The Morgan fingerprint density at radius 2 is 2.62 bits per heavy atom. The molecule has 0 saturated carbocycles. The Labute approximate surface area is 51.2 Å². The zero-order valence-corrected chi connectivity index (χ0v) is 4.99. The summed E-state index contributed by atoms with van der Waals surface area (Å²) in [6.45, 7) is 0.948. The van der Waals surface area contributed by atoms with Gasteiger partial charge in [-0.3, -0.25) is 4.79 Å². The van der Waals surface area contributed by atoms with Gasteiger partial charge in [0.2, 0.25) is 0 Å². The van der Waals surface area contributed by atoms with Crippen LogP contribution in [-0.4, -0.2) is 23.2 Å². The van der Waals surface area contributed by atoms with Crippen LogP contribution in [0.2, 0.25) is 0 Å². The fraction of sp³-hybridized carbons (Fsp3) is 0.750. The van der Waals surface area contributed by atoms with Gasteiger partial charge in [-0.05, 0) is 11.8 Å². The van der Waals surface area contributed by atoms with Gasteiger partial charge in [0.1, 0.15) is 0 Å². The molecule has 4 heteroatoms. The lowest BCUT2D eigenvalue weighted by molar-refractivity contribution is 0.255. The summed E-state index contributed by atoms with van der Waals surface area (Å²) in [5.74, 6) is 0. The normalized spacial score (nSPS) is 42.8. The van der Waals surface area contributed by atoms with Gasteiger partial charge in [-0.25, -0.2) is 0 Å². The first kappa shape index (κ1) is 4.64. The van der Waals surface area contributed by atoms with Gasteiger partial charge in [0, 0.05) is 6.54 Å². The van der Waals surface area contributed by atoms with Crippen molar-refractivity contribution in [1.29, 1.82) is 0 Å². The minimum atomic E-state index is 0.116. The maximum atomic E-state index is 10.5. The van der Waals surface area contributed by atoms with Crippen molar-refractivity contribution in [3.8, 4) is 0 Å². The first-order chi connectivity index (χ1) is 3.86. The van der Waals surface area contributed by atoms with Crippen LogP contribution in [0.25, 0.3) is 0 Å². The van der Waals surface area contributed by atoms with Gasteiger partial charge in [0.25, 0.3) is 5.24 Å². The summed E-state index contributed by atoms with van der Waals surface area (Å²) in [5, 5.41) is 6.43. The summed E-state index contributed by atoms with van der Waals surface area (Å²) in [6.07, 6.45) is 0. The Morgan fingerprint density at radius 1 is 1.75 bits per heavy atom. The van der Waals surface area contributed by atoms with Crippen molar-refractivity contribution in [2.75, 3.05) is 6.54 Å². The van der Waals surface area contributed by atoms with E-state index < -0.39 is 0 Å². The van der Waals surface area contributed by atoms with E-state index in [1.165, 1.54) is 11.8 Å². The summed E-state index contributed by atoms with van der Waals surface area (Å²) >= 11 is 1.35. The van der Waals surface area contributed by atoms with E-state index in [4.69, 9.17) is 0 Å². The average molecular weight is 130 g/mol. The molecule has 2 heterocycles. The van der Waals surface area contributed by atoms with Crippen molar-refractivity contribution in [1.82, 2.24) is 10.6 Å². The first-order valence-corrected chi connectivity index (χ1v) is 3.45. The lowest BCUT2D eigenvalue weighted by Crippen LogP contribution is -2.57. The van der Waals surface area contributed by atoms with Crippen molar-refractivity contribution in [2.45, 2.75) is 11.4 Å². The Kier molecular flexibility index (Phi) is 0.804. The van der Waals surface area contributed by atoms with Gasteiger partial charge in [-0.2, -0.15) is 0 Å². The van der Waals surface area contributed by atoms with Crippen LogP contribution in [0.1, 0.15) is 0 Å². The lowest BCUT2D eigenvalue weighted by atomic mass is 10.2. The summed E-state index contributed by atoms with van der Waals surface area (Å²) in [7, 11) is 0. The molecule has 3 nitrogen and oxygen atoms in total. The highest BCUT2D eigenvalue weighted by atomic mass is 32.2. The predicted molar refractivity (Wildman–Crippen MR) is 31.7 cm³/mol. The van der Waals surface area contributed by atoms with E-state index in [1.807, 2.05) is 0 Å². The van der Waals surface area contributed by atoms with E-state index in [0.717, 1.165) is 6.54 Å². The molecule has 2 rings (SSSR count). The highest BCUT2D eigenvalue weighted by Crippen LogP contribution is 2.25. The van der Waals surface area contributed by atoms with E-state index in [0.29, 0.717) is 11.4 Å². The zero-order chi connectivity index (χ0) is 5.56. The smallest absolute Gasteiger partial charge is 0.281 e. The SMILES string of the molecule is O=C1NC2CNC2S1. The Morgan fingerprint density at radius 3 is 2.88 bits per heavy atom. The van der Waals surface area contributed by atoms with Crippen LogP contribution in [0, 0.1) is 0 Å². The number of carbonyl (C=O) groups is 1. The molecule has 0 spiro atoms. The van der Waals surface area contributed by atoms with Crippen LogP contribution in [0.4, 0.5) is 4.79 Å². The number of hydrogen-bond donors (Lipinski definition) is 2. The maximum Gasteiger partial charge on any atom is 0.281 e. The minimum absolute atomic E-state index is 0.116. The van der Waals surface area contributed by atoms with Crippen LogP contribution in [0.5, 0.6) is 0 Å². The van der Waals surface area contributed by atoms with Gasteiger partial charge in [-0.1, -0.05) is 0 Å². The fourth-order valence-corrected chi connectivity index (χ4v) is 1.84. The molecule has 2 N–H and O–H groups in total. The van der Waals surface area contributed by atoms with Crippen molar-refractivity contribution in [3.05, 3.63) is 0 Å². The summed E-state index contributed by atoms with van der Waals surface area (Å²) in [6, 6.07) is 0.424. The summed E-state index contributed by atoms with van der Waals surface area (Å²) < 4.78 is 0. The molecule has 0 aromatic heterocycles. The molecule has 0 radical (unpaired) electrons. The molecule has 2 saturated heterocycles. The molecule has 1 amide bonds. The molecule has 2 atom stereocenters. The highest BCUT2D eigenvalue weighted by molar-refractivity contribution is 8.14. The van der Waals surface area contributed by atoms with Crippen LogP contribution < -0.4 is 10.6 Å². The number of nitrogens with one attached hydrogen (secondary N) is 2. The Balaban J connectivity index is 2.10. The van der Waals surface area contributed by atoms with E-state index in [2.05, 4.69) is 10.6 Å². The second-order valence-electron chi connectivity index (χ2n) is 1.98. The van der Waals surface area contributed by atoms with E-state index in [1.54, 1.807) is 0 Å². The van der Waals surface area contributed by atoms with Gasteiger partial charge < -0.3 is 10.6 Å². The van der Waals surface area contributed by atoms with Gasteiger partial charge in [0.15, 0.2) is 0 Å². The number of carbonyl (C=O) groups excluding carboxylic acids is 1. The number of amides is 1. The van der Waals surface area contributed by atoms with Crippen molar-refractivity contribution in [3.63, 3.8) is 0 Å². The molecule has 2 aliphatic heterocycles. The lowest BCUT2D eigenvalue weighted by Gasteiger charge is -2.28. The predicted octanol–water partition coefficient (Wildman–Crippen LogP) is -0.259. The summed E-state index contributed by atoms with van der Waals surface area (Å²) in [4.78, 5) is 10.5. The van der Waals surface area contributed by atoms with E-state index in [-0.39, 0.29) is 5.24 Å². The number of fused-ring (bicyclic) bond motifs is 1. The average Bonchev–Trinajstić information content (AvgIpc) is 1.91. The highest BCUT2D eigenvalue weighted by Gasteiger charge is 2.39. The quantitative estimate of drug-likeness (QED) is 0.474. The summed E-state index contributed by atoms with van der Waals surface area (Å²) in [5.41, 5.74) is 0. The molecule has 2 fully saturated rings. The van der Waals surface area contributed by atoms with Crippen LogP contribution in [0.15, 0.2) is 0 Å².